The second-order valence-corrected chi connectivity index (χ2v) is 7.61. The Hall–Kier alpha value is -1.92. The monoisotopic (exact) mass is 357 g/mol. The molecule has 26 heavy (non-hydrogen) atoms. The summed E-state index contributed by atoms with van der Waals surface area (Å²) in [6, 6.07) is 7.77. The van der Waals surface area contributed by atoms with Gasteiger partial charge in [0.25, 0.3) is 0 Å². The standard InChI is InChI=1S/C20H27N3O3/c21-16-10-11-26-19-9-8-14(23(19)20(16)25)12-18(24)22-17-7-3-5-13-4-1-2-6-15(13)17/h1-2,4,6,14,16-17,19H,3,5,7-12,21H2,(H,22,24)/t14?,16-,17+,19-/m0/s1. The van der Waals surface area contributed by atoms with Crippen LogP contribution in [-0.4, -0.2) is 41.6 Å². The maximum Gasteiger partial charge on any atom is 0.241 e. The van der Waals surface area contributed by atoms with Gasteiger partial charge in [-0.05, 0) is 49.7 Å². The van der Waals surface area contributed by atoms with E-state index in [9.17, 15) is 9.59 Å². The van der Waals surface area contributed by atoms with E-state index in [1.165, 1.54) is 11.1 Å². The van der Waals surface area contributed by atoms with E-state index in [0.717, 1.165) is 32.1 Å². The SMILES string of the molecule is N[C@H]1CCO[C@H]2CCC(CC(=O)N[C@@H]3CCCc4ccccc43)N2C1=O. The van der Waals surface area contributed by atoms with Gasteiger partial charge >= 0.3 is 0 Å². The Morgan fingerprint density at radius 3 is 2.96 bits per heavy atom. The lowest BCUT2D eigenvalue weighted by Gasteiger charge is -2.30. The Morgan fingerprint density at radius 1 is 1.23 bits per heavy atom. The molecule has 4 rings (SSSR count). The number of ether oxygens (including phenoxy) is 1. The fourth-order valence-corrected chi connectivity index (χ4v) is 4.55. The predicted molar refractivity (Wildman–Crippen MR) is 97.1 cm³/mol. The number of nitrogens with zero attached hydrogens (tertiary/aromatic N) is 1. The topological polar surface area (TPSA) is 84.7 Å². The molecule has 0 aromatic heterocycles. The fraction of sp³-hybridized carbons (Fsp3) is 0.600. The Labute approximate surface area is 154 Å². The van der Waals surface area contributed by atoms with Crippen molar-refractivity contribution >= 4 is 11.8 Å². The van der Waals surface area contributed by atoms with Crippen molar-refractivity contribution in [2.24, 2.45) is 5.73 Å². The highest BCUT2D eigenvalue weighted by Gasteiger charge is 2.42. The van der Waals surface area contributed by atoms with Crippen molar-refractivity contribution in [1.82, 2.24) is 10.2 Å². The Balaban J connectivity index is 1.42. The molecular weight excluding hydrogens is 330 g/mol. The van der Waals surface area contributed by atoms with Gasteiger partial charge in [0.05, 0.1) is 18.7 Å². The Bertz CT molecular complexity index is 693. The molecule has 1 aromatic carbocycles. The number of nitrogens with one attached hydrogen (secondary N) is 1. The van der Waals surface area contributed by atoms with Crippen LogP contribution in [0.15, 0.2) is 24.3 Å². The zero-order chi connectivity index (χ0) is 18.1. The van der Waals surface area contributed by atoms with Crippen LogP contribution in [0, 0.1) is 0 Å². The van der Waals surface area contributed by atoms with Crippen LogP contribution in [0.1, 0.15) is 55.7 Å². The number of benzene rings is 1. The van der Waals surface area contributed by atoms with Gasteiger partial charge in [-0.15, -0.1) is 0 Å². The first kappa shape index (κ1) is 17.5. The van der Waals surface area contributed by atoms with Gasteiger partial charge < -0.3 is 20.7 Å². The molecule has 0 radical (unpaired) electrons. The van der Waals surface area contributed by atoms with Gasteiger partial charge in [-0.25, -0.2) is 0 Å². The molecule has 1 aliphatic carbocycles. The quantitative estimate of drug-likeness (QED) is 0.861. The van der Waals surface area contributed by atoms with Crippen LogP contribution in [0.5, 0.6) is 0 Å². The molecular formula is C20H27N3O3. The summed E-state index contributed by atoms with van der Waals surface area (Å²) in [6.45, 7) is 0.506. The van der Waals surface area contributed by atoms with Crippen LogP contribution in [0.4, 0.5) is 0 Å². The zero-order valence-corrected chi connectivity index (χ0v) is 15.0. The number of hydrogen-bond donors (Lipinski definition) is 2. The highest BCUT2D eigenvalue weighted by molar-refractivity contribution is 5.84. The molecule has 2 amide bonds. The number of hydrogen-bond acceptors (Lipinski definition) is 4. The number of aryl methyl sites for hydroxylation is 1. The first-order valence-electron chi connectivity index (χ1n) is 9.70. The third-order valence-corrected chi connectivity index (χ3v) is 5.89. The van der Waals surface area contributed by atoms with Crippen molar-refractivity contribution in [2.75, 3.05) is 6.61 Å². The molecule has 0 spiro atoms. The number of fused-ring (bicyclic) bond motifs is 2. The van der Waals surface area contributed by atoms with Gasteiger partial charge in [-0.1, -0.05) is 24.3 Å². The van der Waals surface area contributed by atoms with Gasteiger partial charge in [-0.2, -0.15) is 0 Å². The van der Waals surface area contributed by atoms with E-state index < -0.39 is 6.04 Å². The molecule has 4 atom stereocenters. The lowest BCUT2D eigenvalue weighted by Crippen LogP contribution is -2.49. The molecule has 3 aliphatic rings. The summed E-state index contributed by atoms with van der Waals surface area (Å²) < 4.78 is 5.77. The normalized spacial score (nSPS) is 31.1. The van der Waals surface area contributed by atoms with Crippen LogP contribution in [0.3, 0.4) is 0 Å². The van der Waals surface area contributed by atoms with E-state index in [1.54, 1.807) is 4.90 Å². The molecule has 1 unspecified atom stereocenters. The largest absolute Gasteiger partial charge is 0.358 e. The minimum absolute atomic E-state index is 0.00275. The second-order valence-electron chi connectivity index (χ2n) is 7.61. The lowest BCUT2D eigenvalue weighted by atomic mass is 9.87. The van der Waals surface area contributed by atoms with Gasteiger partial charge in [-0.3, -0.25) is 9.59 Å². The molecule has 6 heteroatoms. The van der Waals surface area contributed by atoms with Crippen LogP contribution in [-0.2, 0) is 20.7 Å². The summed E-state index contributed by atoms with van der Waals surface area (Å²) in [5, 5.41) is 3.19. The average Bonchev–Trinajstić information content (AvgIpc) is 2.97. The maximum atomic E-state index is 12.7. The molecule has 2 heterocycles. The first-order chi connectivity index (χ1) is 12.6. The highest BCUT2D eigenvalue weighted by Crippen LogP contribution is 2.32. The first-order valence-corrected chi connectivity index (χ1v) is 9.70. The number of carbonyl (C=O) groups is 2. The maximum absolute atomic E-state index is 12.7. The zero-order valence-electron chi connectivity index (χ0n) is 15.0. The number of nitrogens with two attached hydrogens (primary N) is 1. The van der Waals surface area contributed by atoms with Crippen molar-refractivity contribution in [3.8, 4) is 0 Å². The van der Waals surface area contributed by atoms with E-state index in [1.807, 2.05) is 6.07 Å². The number of rotatable bonds is 3. The average molecular weight is 357 g/mol. The second kappa shape index (κ2) is 7.37. The fourth-order valence-electron chi connectivity index (χ4n) is 4.55. The third kappa shape index (κ3) is 3.35. The summed E-state index contributed by atoms with van der Waals surface area (Å²) in [5.41, 5.74) is 8.51. The Kier molecular flexibility index (Phi) is 4.96. The molecule has 3 N–H and O–H groups in total. The van der Waals surface area contributed by atoms with E-state index >= 15 is 0 Å². The van der Waals surface area contributed by atoms with Gasteiger partial charge in [0.15, 0.2) is 0 Å². The smallest absolute Gasteiger partial charge is 0.241 e. The minimum Gasteiger partial charge on any atom is -0.358 e. The van der Waals surface area contributed by atoms with E-state index in [4.69, 9.17) is 10.5 Å². The van der Waals surface area contributed by atoms with Gasteiger partial charge in [0.2, 0.25) is 11.8 Å². The van der Waals surface area contributed by atoms with Gasteiger partial charge in [0, 0.05) is 12.5 Å². The van der Waals surface area contributed by atoms with Crippen molar-refractivity contribution in [2.45, 2.75) is 69.3 Å². The van der Waals surface area contributed by atoms with Crippen molar-refractivity contribution in [3.05, 3.63) is 35.4 Å². The highest BCUT2D eigenvalue weighted by atomic mass is 16.5. The number of carbonyl (C=O) groups excluding carboxylic acids is 2. The van der Waals surface area contributed by atoms with Crippen LogP contribution >= 0.6 is 0 Å². The van der Waals surface area contributed by atoms with Crippen molar-refractivity contribution in [1.29, 1.82) is 0 Å². The van der Waals surface area contributed by atoms with Crippen molar-refractivity contribution in [3.63, 3.8) is 0 Å². The molecule has 0 saturated carbocycles. The van der Waals surface area contributed by atoms with Crippen LogP contribution in [0.25, 0.3) is 0 Å². The molecule has 2 aliphatic heterocycles. The van der Waals surface area contributed by atoms with E-state index in [2.05, 4.69) is 23.5 Å². The molecule has 2 fully saturated rings. The predicted octanol–water partition coefficient (Wildman–Crippen LogP) is 1.63. The molecule has 2 saturated heterocycles. The van der Waals surface area contributed by atoms with Gasteiger partial charge in [0.1, 0.15) is 6.23 Å². The number of amides is 2. The van der Waals surface area contributed by atoms with Crippen LogP contribution in [0.2, 0.25) is 0 Å². The van der Waals surface area contributed by atoms with Crippen molar-refractivity contribution < 1.29 is 14.3 Å². The molecule has 1 aromatic rings. The van der Waals surface area contributed by atoms with E-state index in [0.29, 0.717) is 19.4 Å². The summed E-state index contributed by atoms with van der Waals surface area (Å²) in [7, 11) is 0. The summed E-state index contributed by atoms with van der Waals surface area (Å²) in [4.78, 5) is 27.0. The Morgan fingerprint density at radius 2 is 2.08 bits per heavy atom. The summed E-state index contributed by atoms with van der Waals surface area (Å²) in [6.07, 6.45) is 5.34. The minimum atomic E-state index is -0.520. The molecule has 6 nitrogen and oxygen atoms in total. The van der Waals surface area contributed by atoms with Crippen LogP contribution < -0.4 is 11.1 Å². The molecule has 0 bridgehead atoms. The summed E-state index contributed by atoms with van der Waals surface area (Å²) >= 11 is 0. The lowest BCUT2D eigenvalue weighted by molar-refractivity contribution is -0.142. The summed E-state index contributed by atoms with van der Waals surface area (Å²) in [5.74, 6) is -0.0752. The molecule has 140 valence electrons. The van der Waals surface area contributed by atoms with E-state index in [-0.39, 0.29) is 30.1 Å². The third-order valence-electron chi connectivity index (χ3n) is 5.89.